The highest BCUT2D eigenvalue weighted by Crippen LogP contribution is 2.34. The number of aromatic amines is 1. The topological polar surface area (TPSA) is 94.3 Å². The lowest BCUT2D eigenvalue weighted by Crippen LogP contribution is -2.63. The fraction of sp³-hybridized carbons (Fsp3) is 0.458. The Balaban J connectivity index is 1.15. The summed E-state index contributed by atoms with van der Waals surface area (Å²) >= 11 is 0. The second-order valence-electron chi connectivity index (χ2n) is 8.71. The lowest BCUT2D eigenvalue weighted by atomic mass is 9.82. The Labute approximate surface area is 186 Å². The minimum absolute atomic E-state index is 0.0459. The van der Waals surface area contributed by atoms with E-state index in [1.807, 2.05) is 12.1 Å². The van der Waals surface area contributed by atoms with Crippen molar-refractivity contribution < 1.29 is 14.0 Å². The average molecular weight is 441 g/mol. The number of carbonyl (C=O) groups is 2. The summed E-state index contributed by atoms with van der Waals surface area (Å²) in [6.07, 6.45) is 4.26. The van der Waals surface area contributed by atoms with Crippen molar-refractivity contribution in [3.8, 4) is 0 Å². The summed E-state index contributed by atoms with van der Waals surface area (Å²) in [6, 6.07) is 12.3. The first-order valence-corrected chi connectivity index (χ1v) is 11.2. The van der Waals surface area contributed by atoms with Gasteiger partial charge < -0.3 is 15.6 Å². The van der Waals surface area contributed by atoms with Crippen LogP contribution in [0.5, 0.6) is 0 Å². The maximum atomic E-state index is 12.7. The van der Waals surface area contributed by atoms with E-state index in [0.717, 1.165) is 44.5 Å². The van der Waals surface area contributed by atoms with Crippen LogP contribution in [0.25, 0.3) is 0 Å². The monoisotopic (exact) mass is 440 g/mol. The van der Waals surface area contributed by atoms with Crippen LogP contribution < -0.4 is 16.2 Å². The van der Waals surface area contributed by atoms with E-state index in [-0.39, 0.29) is 30.0 Å². The highest BCUT2D eigenvalue weighted by molar-refractivity contribution is 5.96. The Hall–Kier alpha value is -3.00. The van der Waals surface area contributed by atoms with Gasteiger partial charge in [0.15, 0.2) is 0 Å². The van der Waals surface area contributed by atoms with Crippen molar-refractivity contribution in [2.75, 3.05) is 19.6 Å². The van der Waals surface area contributed by atoms with Gasteiger partial charge in [0.2, 0.25) is 11.5 Å². The molecule has 2 fully saturated rings. The molecule has 4 rings (SSSR count). The minimum Gasteiger partial charge on any atom is -0.349 e. The van der Waals surface area contributed by atoms with Crippen LogP contribution in [0.2, 0.25) is 0 Å². The van der Waals surface area contributed by atoms with Gasteiger partial charge in [0, 0.05) is 36.5 Å². The molecule has 1 aliphatic carbocycles. The lowest BCUT2D eigenvalue weighted by molar-refractivity contribution is -0.122. The number of hydrogen-bond acceptors (Lipinski definition) is 4. The van der Waals surface area contributed by atoms with E-state index in [1.165, 1.54) is 6.07 Å². The normalized spacial score (nSPS) is 21.5. The Morgan fingerprint density at radius 2 is 1.81 bits per heavy atom. The van der Waals surface area contributed by atoms with Crippen molar-refractivity contribution in [2.24, 2.45) is 0 Å². The molecule has 2 aliphatic rings. The van der Waals surface area contributed by atoms with Crippen LogP contribution in [0.4, 0.5) is 4.39 Å². The smallest absolute Gasteiger partial charge is 0.251 e. The van der Waals surface area contributed by atoms with E-state index in [2.05, 4.69) is 20.5 Å². The van der Waals surface area contributed by atoms with E-state index in [0.29, 0.717) is 23.1 Å². The van der Waals surface area contributed by atoms with E-state index >= 15 is 0 Å². The van der Waals surface area contributed by atoms with Crippen molar-refractivity contribution in [3.05, 3.63) is 69.6 Å². The zero-order valence-corrected chi connectivity index (χ0v) is 18.0. The van der Waals surface area contributed by atoms with Gasteiger partial charge in [-0.05, 0) is 55.4 Å². The Kier molecular flexibility index (Phi) is 6.99. The van der Waals surface area contributed by atoms with Crippen LogP contribution in [-0.4, -0.2) is 53.4 Å². The van der Waals surface area contributed by atoms with E-state index < -0.39 is 6.67 Å². The van der Waals surface area contributed by atoms with Crippen LogP contribution in [0, 0.1) is 0 Å². The number of aromatic nitrogens is 1. The van der Waals surface area contributed by atoms with Crippen molar-refractivity contribution in [2.45, 2.75) is 50.4 Å². The van der Waals surface area contributed by atoms with Crippen molar-refractivity contribution in [1.82, 2.24) is 20.5 Å². The zero-order valence-electron chi connectivity index (χ0n) is 18.0. The van der Waals surface area contributed by atoms with Crippen LogP contribution in [0.3, 0.4) is 0 Å². The molecule has 2 amide bonds. The third-order valence-electron chi connectivity index (χ3n) is 6.47. The SMILES string of the molecule is O=C(CNC(=O)c1cccc(CF)c1)NC1CN(C2CCC(c3cccc(=O)[nH]3)CC2)C1. The van der Waals surface area contributed by atoms with Gasteiger partial charge >= 0.3 is 0 Å². The number of nitrogens with one attached hydrogen (secondary N) is 3. The van der Waals surface area contributed by atoms with E-state index in [9.17, 15) is 18.8 Å². The summed E-state index contributed by atoms with van der Waals surface area (Å²) < 4.78 is 12.7. The molecule has 0 radical (unpaired) electrons. The third kappa shape index (κ3) is 5.43. The van der Waals surface area contributed by atoms with Crippen LogP contribution in [0.1, 0.15) is 53.2 Å². The van der Waals surface area contributed by atoms with Crippen molar-refractivity contribution in [1.29, 1.82) is 0 Å². The third-order valence-corrected chi connectivity index (χ3v) is 6.47. The average Bonchev–Trinajstić information content (AvgIpc) is 2.79. The summed E-state index contributed by atoms with van der Waals surface area (Å²) in [6.45, 7) is 0.897. The van der Waals surface area contributed by atoms with Gasteiger partial charge in [-0.15, -0.1) is 0 Å². The molecule has 1 aromatic carbocycles. The maximum Gasteiger partial charge on any atom is 0.251 e. The zero-order chi connectivity index (χ0) is 22.5. The Bertz CT molecular complexity index is 1010. The fourth-order valence-corrected chi connectivity index (χ4v) is 4.69. The quantitative estimate of drug-likeness (QED) is 0.615. The number of likely N-dealkylation sites (tertiary alicyclic amines) is 1. The molecule has 1 saturated heterocycles. The predicted molar refractivity (Wildman–Crippen MR) is 119 cm³/mol. The van der Waals surface area contributed by atoms with Gasteiger partial charge in [0.1, 0.15) is 6.67 Å². The molecular weight excluding hydrogens is 411 g/mol. The number of rotatable bonds is 7. The molecule has 32 heavy (non-hydrogen) atoms. The lowest BCUT2D eigenvalue weighted by Gasteiger charge is -2.46. The second-order valence-corrected chi connectivity index (χ2v) is 8.71. The number of alkyl halides is 1. The molecule has 3 N–H and O–H groups in total. The first kappa shape index (κ1) is 22.2. The number of benzene rings is 1. The van der Waals surface area contributed by atoms with Crippen LogP contribution in [-0.2, 0) is 11.5 Å². The maximum absolute atomic E-state index is 12.7. The molecule has 2 heterocycles. The molecule has 8 heteroatoms. The molecular formula is C24H29FN4O3. The molecule has 0 atom stereocenters. The van der Waals surface area contributed by atoms with E-state index in [4.69, 9.17) is 0 Å². The summed E-state index contributed by atoms with van der Waals surface area (Å²) in [7, 11) is 0. The number of nitrogens with zero attached hydrogens (tertiary/aromatic N) is 1. The largest absolute Gasteiger partial charge is 0.349 e. The molecule has 7 nitrogen and oxygen atoms in total. The number of carbonyl (C=O) groups excluding carboxylic acids is 2. The molecule has 2 aromatic rings. The number of halogens is 1. The summed E-state index contributed by atoms with van der Waals surface area (Å²) in [4.78, 5) is 41.2. The molecule has 170 valence electrons. The fourth-order valence-electron chi connectivity index (χ4n) is 4.69. The number of amides is 2. The molecule has 1 aliphatic heterocycles. The first-order chi connectivity index (χ1) is 15.5. The van der Waals surface area contributed by atoms with Gasteiger partial charge in [0.05, 0.1) is 12.6 Å². The van der Waals surface area contributed by atoms with Gasteiger partial charge in [0.25, 0.3) is 5.91 Å². The predicted octanol–water partition coefficient (Wildman–Crippen LogP) is 2.10. The standard InChI is InChI=1S/C24H29FN4O3/c25-12-16-3-1-4-18(11-16)24(32)26-13-23(31)27-19-14-29(15-19)20-9-7-17(8-10-20)21-5-2-6-22(30)28-21/h1-6,11,17,19-20H,7-10,12-15H2,(H,26,32)(H,27,31)(H,28,30). The van der Waals surface area contributed by atoms with Crippen molar-refractivity contribution in [3.63, 3.8) is 0 Å². The van der Waals surface area contributed by atoms with Gasteiger partial charge in [-0.1, -0.05) is 18.2 Å². The molecule has 0 unspecified atom stereocenters. The second kappa shape index (κ2) is 10.1. The van der Waals surface area contributed by atoms with E-state index in [1.54, 1.807) is 24.3 Å². The molecule has 1 aromatic heterocycles. The van der Waals surface area contributed by atoms with Gasteiger partial charge in [-0.25, -0.2) is 4.39 Å². The Morgan fingerprint density at radius 3 is 2.53 bits per heavy atom. The van der Waals surface area contributed by atoms with Crippen LogP contribution in [0.15, 0.2) is 47.3 Å². The van der Waals surface area contributed by atoms with Gasteiger partial charge in [-0.3, -0.25) is 19.3 Å². The molecule has 1 saturated carbocycles. The first-order valence-electron chi connectivity index (χ1n) is 11.2. The summed E-state index contributed by atoms with van der Waals surface area (Å²) in [5.41, 5.74) is 1.76. The summed E-state index contributed by atoms with van der Waals surface area (Å²) in [5, 5.41) is 5.55. The van der Waals surface area contributed by atoms with Gasteiger partial charge in [-0.2, -0.15) is 0 Å². The van der Waals surface area contributed by atoms with Crippen molar-refractivity contribution >= 4 is 11.8 Å². The molecule has 0 spiro atoms. The Morgan fingerprint density at radius 1 is 1.06 bits per heavy atom. The molecule has 0 bridgehead atoms. The number of hydrogen-bond donors (Lipinski definition) is 3. The van der Waals surface area contributed by atoms with Crippen LogP contribution >= 0.6 is 0 Å². The summed E-state index contributed by atoms with van der Waals surface area (Å²) in [5.74, 6) is -0.199. The number of pyridine rings is 1. The minimum atomic E-state index is -0.632. The number of H-pyrrole nitrogens is 1. The highest BCUT2D eigenvalue weighted by atomic mass is 19.1. The highest BCUT2D eigenvalue weighted by Gasteiger charge is 2.35.